The second kappa shape index (κ2) is 5.57. The lowest BCUT2D eigenvalue weighted by molar-refractivity contribution is -0.137. The largest absolute Gasteiger partial charge is 0.416 e. The molecule has 0 aromatic heterocycles. The zero-order valence-corrected chi connectivity index (χ0v) is 11.6. The van der Waals surface area contributed by atoms with Gasteiger partial charge >= 0.3 is 6.18 Å². The van der Waals surface area contributed by atoms with Crippen molar-refractivity contribution in [2.45, 2.75) is 31.2 Å². The lowest BCUT2D eigenvalue weighted by Crippen LogP contribution is -2.40. The summed E-state index contributed by atoms with van der Waals surface area (Å²) in [6.45, 7) is 0. The first-order chi connectivity index (χ1) is 9.31. The maximum Gasteiger partial charge on any atom is 0.416 e. The molecule has 1 aromatic rings. The molecule has 0 amide bonds. The third-order valence-corrected chi connectivity index (χ3v) is 3.62. The number of methoxy groups -OCH3 is 1. The monoisotopic (exact) mass is 304 g/mol. The number of hydrogen-bond acceptors (Lipinski definition) is 3. The van der Waals surface area contributed by atoms with Gasteiger partial charge in [-0.2, -0.15) is 13.2 Å². The summed E-state index contributed by atoms with van der Waals surface area (Å²) in [7, 11) is 1.64. The van der Waals surface area contributed by atoms with Crippen LogP contribution >= 0.6 is 12.2 Å². The zero-order chi connectivity index (χ0) is 14.9. The highest BCUT2D eigenvalue weighted by atomic mass is 32.1. The van der Waals surface area contributed by atoms with Crippen LogP contribution in [0.3, 0.4) is 0 Å². The van der Waals surface area contributed by atoms with Crippen molar-refractivity contribution in [3.8, 4) is 0 Å². The van der Waals surface area contributed by atoms with Crippen molar-refractivity contribution in [3.05, 3.63) is 29.3 Å². The quantitative estimate of drug-likeness (QED) is 0.840. The van der Waals surface area contributed by atoms with E-state index in [2.05, 4.69) is 5.32 Å². The molecule has 0 aliphatic heterocycles. The zero-order valence-electron chi connectivity index (χ0n) is 10.8. The van der Waals surface area contributed by atoms with Crippen molar-refractivity contribution in [3.63, 3.8) is 0 Å². The van der Waals surface area contributed by atoms with Gasteiger partial charge in [0.15, 0.2) is 0 Å². The Hall–Kier alpha value is -1.34. The minimum atomic E-state index is -4.41. The highest BCUT2D eigenvalue weighted by molar-refractivity contribution is 7.80. The van der Waals surface area contributed by atoms with E-state index in [0.717, 1.165) is 25.0 Å². The van der Waals surface area contributed by atoms with Crippen molar-refractivity contribution in [1.29, 1.82) is 0 Å². The molecular weight excluding hydrogens is 289 g/mol. The Morgan fingerprint density at radius 2 is 2.05 bits per heavy atom. The van der Waals surface area contributed by atoms with E-state index in [-0.39, 0.29) is 22.7 Å². The van der Waals surface area contributed by atoms with E-state index in [1.807, 2.05) is 0 Å². The fraction of sp³-hybridized carbons (Fsp3) is 0.462. The molecule has 7 heteroatoms. The van der Waals surface area contributed by atoms with Gasteiger partial charge in [0, 0.05) is 24.4 Å². The average Bonchev–Trinajstić information content (AvgIpc) is 2.31. The highest BCUT2D eigenvalue weighted by Gasteiger charge is 2.32. The minimum Gasteiger partial charge on any atom is -0.389 e. The van der Waals surface area contributed by atoms with Crippen molar-refractivity contribution in [1.82, 2.24) is 0 Å². The molecule has 1 aliphatic carbocycles. The standard InChI is InChI=1S/C13H15F3N2OS/c1-19-9-5-8(6-9)18-11-3-2-7(13(14,15)16)4-10(11)12(17)20/h2-4,8-9,18H,5-6H2,1H3,(H2,17,20). The SMILES string of the molecule is COC1CC(Nc2ccc(C(F)(F)F)cc2C(N)=S)C1. The normalized spacial score (nSPS) is 22.2. The maximum absolute atomic E-state index is 12.7. The summed E-state index contributed by atoms with van der Waals surface area (Å²) in [5.74, 6) is 0. The Kier molecular flexibility index (Phi) is 4.19. The van der Waals surface area contributed by atoms with Crippen molar-refractivity contribution >= 4 is 22.9 Å². The van der Waals surface area contributed by atoms with E-state index in [9.17, 15) is 13.2 Å². The Morgan fingerprint density at radius 3 is 2.55 bits per heavy atom. The molecule has 0 radical (unpaired) electrons. The lowest BCUT2D eigenvalue weighted by Gasteiger charge is -2.35. The van der Waals surface area contributed by atoms with Gasteiger partial charge in [0.05, 0.1) is 11.7 Å². The number of rotatable bonds is 4. The smallest absolute Gasteiger partial charge is 0.389 e. The molecule has 2 rings (SSSR count). The molecule has 3 nitrogen and oxygen atoms in total. The number of nitrogens with two attached hydrogens (primary N) is 1. The van der Waals surface area contributed by atoms with Crippen LogP contribution in [0.2, 0.25) is 0 Å². The number of halogens is 3. The Morgan fingerprint density at radius 1 is 1.40 bits per heavy atom. The molecule has 0 unspecified atom stereocenters. The van der Waals surface area contributed by atoms with Gasteiger partial charge in [0.2, 0.25) is 0 Å². The number of benzene rings is 1. The van der Waals surface area contributed by atoms with Crippen LogP contribution in [0.15, 0.2) is 18.2 Å². The molecule has 0 saturated heterocycles. The molecule has 3 N–H and O–H groups in total. The van der Waals surface area contributed by atoms with Gasteiger partial charge in [-0.25, -0.2) is 0 Å². The number of ether oxygens (including phenoxy) is 1. The van der Waals surface area contributed by atoms with E-state index in [4.69, 9.17) is 22.7 Å². The third kappa shape index (κ3) is 3.21. The molecule has 1 saturated carbocycles. The summed E-state index contributed by atoms with van der Waals surface area (Å²) in [6, 6.07) is 3.55. The number of anilines is 1. The topological polar surface area (TPSA) is 47.3 Å². The summed E-state index contributed by atoms with van der Waals surface area (Å²) in [5, 5.41) is 3.16. The number of nitrogens with one attached hydrogen (secondary N) is 1. The fourth-order valence-electron chi connectivity index (χ4n) is 2.15. The highest BCUT2D eigenvalue weighted by Crippen LogP contribution is 2.33. The van der Waals surface area contributed by atoms with Gasteiger partial charge in [-0.15, -0.1) is 0 Å². The Bertz CT molecular complexity index is 513. The molecule has 0 spiro atoms. The molecule has 110 valence electrons. The first-order valence-corrected chi connectivity index (χ1v) is 6.52. The Balaban J connectivity index is 2.18. The van der Waals surface area contributed by atoms with Crippen molar-refractivity contribution in [2.24, 2.45) is 5.73 Å². The summed E-state index contributed by atoms with van der Waals surface area (Å²) >= 11 is 4.83. The Labute approximate surface area is 120 Å². The van der Waals surface area contributed by atoms with Crippen molar-refractivity contribution < 1.29 is 17.9 Å². The van der Waals surface area contributed by atoms with Gasteiger partial charge in [-0.3, -0.25) is 0 Å². The number of hydrogen-bond donors (Lipinski definition) is 2. The summed E-state index contributed by atoms with van der Waals surface area (Å²) in [6.07, 6.45) is -2.58. The van der Waals surface area contributed by atoms with Crippen molar-refractivity contribution in [2.75, 3.05) is 12.4 Å². The predicted octanol–water partition coefficient (Wildman–Crippen LogP) is 2.93. The van der Waals surface area contributed by atoms with Crippen LogP contribution in [0.5, 0.6) is 0 Å². The summed E-state index contributed by atoms with van der Waals surface area (Å²) in [4.78, 5) is -0.0544. The molecule has 1 aromatic carbocycles. The molecule has 0 bridgehead atoms. The van der Waals surface area contributed by atoms with Gasteiger partial charge in [0.25, 0.3) is 0 Å². The average molecular weight is 304 g/mol. The van der Waals surface area contributed by atoms with E-state index >= 15 is 0 Å². The minimum absolute atomic E-state index is 0.0544. The number of alkyl halides is 3. The summed E-state index contributed by atoms with van der Waals surface area (Å²) < 4.78 is 43.2. The van der Waals surface area contributed by atoms with E-state index < -0.39 is 11.7 Å². The van der Waals surface area contributed by atoms with Gasteiger partial charge in [0.1, 0.15) is 4.99 Å². The molecule has 1 fully saturated rings. The van der Waals surface area contributed by atoms with Crippen LogP contribution in [-0.4, -0.2) is 24.2 Å². The number of thiocarbonyl (C=S) groups is 1. The first-order valence-electron chi connectivity index (χ1n) is 6.11. The fourth-order valence-corrected chi connectivity index (χ4v) is 2.32. The molecule has 0 atom stereocenters. The summed E-state index contributed by atoms with van der Waals surface area (Å²) in [5.41, 5.74) is 5.51. The van der Waals surface area contributed by atoms with Gasteiger partial charge in [-0.05, 0) is 31.0 Å². The molecule has 1 aliphatic rings. The first kappa shape index (κ1) is 15.1. The van der Waals surface area contributed by atoms with E-state index in [0.29, 0.717) is 5.69 Å². The second-order valence-electron chi connectivity index (χ2n) is 4.79. The van der Waals surface area contributed by atoms with Crippen LogP contribution in [0, 0.1) is 0 Å². The van der Waals surface area contributed by atoms with Crippen LogP contribution in [-0.2, 0) is 10.9 Å². The molecular formula is C13H15F3N2OS. The van der Waals surface area contributed by atoms with E-state index in [1.165, 1.54) is 6.07 Å². The third-order valence-electron chi connectivity index (χ3n) is 3.40. The predicted molar refractivity (Wildman–Crippen MR) is 74.8 cm³/mol. The van der Waals surface area contributed by atoms with Gasteiger partial charge in [-0.1, -0.05) is 12.2 Å². The van der Waals surface area contributed by atoms with Crippen LogP contribution < -0.4 is 11.1 Å². The van der Waals surface area contributed by atoms with Gasteiger partial charge < -0.3 is 15.8 Å². The second-order valence-corrected chi connectivity index (χ2v) is 5.23. The van der Waals surface area contributed by atoms with Crippen LogP contribution in [0.4, 0.5) is 18.9 Å². The van der Waals surface area contributed by atoms with Crippen LogP contribution in [0.1, 0.15) is 24.0 Å². The van der Waals surface area contributed by atoms with E-state index in [1.54, 1.807) is 7.11 Å². The lowest BCUT2D eigenvalue weighted by atomic mass is 9.89. The molecule has 0 heterocycles. The van der Waals surface area contributed by atoms with Crippen LogP contribution in [0.25, 0.3) is 0 Å². The maximum atomic E-state index is 12.7. The molecule has 20 heavy (non-hydrogen) atoms.